The van der Waals surface area contributed by atoms with Crippen molar-refractivity contribution in [2.45, 2.75) is 12.6 Å². The van der Waals surface area contributed by atoms with E-state index in [9.17, 15) is 13.2 Å². The Balaban J connectivity index is 2.36. The van der Waals surface area contributed by atoms with Crippen molar-refractivity contribution in [3.8, 4) is 5.75 Å². The van der Waals surface area contributed by atoms with E-state index in [1.54, 1.807) is 24.3 Å². The van der Waals surface area contributed by atoms with Crippen LogP contribution < -0.4 is 10.5 Å². The Labute approximate surface area is 113 Å². The fourth-order valence-corrected chi connectivity index (χ4v) is 1.39. The zero-order valence-corrected chi connectivity index (χ0v) is 10.6. The molecule has 0 aliphatic heterocycles. The first-order valence-electron chi connectivity index (χ1n) is 5.78. The molecular formula is C12H15F3N2O3. The van der Waals surface area contributed by atoms with Crippen molar-refractivity contribution >= 4 is 5.84 Å². The van der Waals surface area contributed by atoms with Crippen LogP contribution in [0.15, 0.2) is 29.4 Å². The molecule has 112 valence electrons. The van der Waals surface area contributed by atoms with E-state index in [2.05, 4.69) is 9.89 Å². The number of hydrogen-bond donors (Lipinski definition) is 2. The molecule has 0 amide bonds. The summed E-state index contributed by atoms with van der Waals surface area (Å²) >= 11 is 0. The predicted molar refractivity (Wildman–Crippen MR) is 65.9 cm³/mol. The lowest BCUT2D eigenvalue weighted by molar-refractivity contribution is -0.174. The average molecular weight is 292 g/mol. The molecule has 8 heteroatoms. The second-order valence-electron chi connectivity index (χ2n) is 3.85. The van der Waals surface area contributed by atoms with Crippen LogP contribution in [0, 0.1) is 0 Å². The molecule has 1 rings (SSSR count). The maximum atomic E-state index is 11.8. The molecule has 5 nitrogen and oxygen atoms in total. The number of hydrogen-bond acceptors (Lipinski definition) is 4. The van der Waals surface area contributed by atoms with Crippen LogP contribution in [0.4, 0.5) is 13.2 Å². The third-order valence-corrected chi connectivity index (χ3v) is 2.23. The molecule has 0 atom stereocenters. The molecule has 0 aliphatic carbocycles. The lowest BCUT2D eigenvalue weighted by Gasteiger charge is -2.11. The average Bonchev–Trinajstić information content (AvgIpc) is 2.41. The van der Waals surface area contributed by atoms with E-state index in [4.69, 9.17) is 15.7 Å². The molecule has 0 bridgehead atoms. The number of ether oxygens (including phenoxy) is 2. The van der Waals surface area contributed by atoms with Gasteiger partial charge in [-0.1, -0.05) is 17.3 Å². The molecule has 0 unspecified atom stereocenters. The number of nitrogens with zero attached hydrogens (tertiary/aromatic N) is 1. The Morgan fingerprint density at radius 2 is 1.95 bits per heavy atom. The van der Waals surface area contributed by atoms with Crippen LogP contribution >= 0.6 is 0 Å². The number of amidine groups is 1. The van der Waals surface area contributed by atoms with Crippen molar-refractivity contribution in [2.75, 3.05) is 19.8 Å². The summed E-state index contributed by atoms with van der Waals surface area (Å²) in [5.41, 5.74) is 5.87. The molecule has 0 spiro atoms. The summed E-state index contributed by atoms with van der Waals surface area (Å²) in [6, 6.07) is 6.60. The first-order chi connectivity index (χ1) is 9.44. The number of alkyl halides is 3. The standard InChI is InChI=1S/C12H15F3N2O3/c13-12(14,15)8-19-6-3-7-20-10-5-2-1-4-9(10)11(16)17-18/h1-2,4-5,18H,3,6-8H2,(H2,16,17). The van der Waals surface area contributed by atoms with E-state index < -0.39 is 12.8 Å². The second kappa shape index (κ2) is 7.59. The van der Waals surface area contributed by atoms with Gasteiger partial charge in [-0.15, -0.1) is 0 Å². The molecule has 0 saturated heterocycles. The van der Waals surface area contributed by atoms with Gasteiger partial charge in [0.1, 0.15) is 12.4 Å². The van der Waals surface area contributed by atoms with E-state index in [0.717, 1.165) is 0 Å². The van der Waals surface area contributed by atoms with Gasteiger partial charge in [-0.2, -0.15) is 13.2 Å². The highest BCUT2D eigenvalue weighted by Crippen LogP contribution is 2.18. The molecule has 1 aromatic carbocycles. The normalized spacial score (nSPS) is 12.4. The minimum atomic E-state index is -4.32. The minimum absolute atomic E-state index is 0.0642. The minimum Gasteiger partial charge on any atom is -0.493 e. The molecule has 0 heterocycles. The largest absolute Gasteiger partial charge is 0.493 e. The van der Waals surface area contributed by atoms with E-state index in [1.807, 2.05) is 0 Å². The van der Waals surface area contributed by atoms with Crippen LogP contribution in [0.5, 0.6) is 5.75 Å². The fourth-order valence-electron chi connectivity index (χ4n) is 1.39. The molecule has 20 heavy (non-hydrogen) atoms. The molecule has 3 N–H and O–H groups in total. The summed E-state index contributed by atoms with van der Waals surface area (Å²) in [6.07, 6.45) is -4.03. The van der Waals surface area contributed by atoms with Crippen LogP contribution in [0.1, 0.15) is 12.0 Å². The Bertz CT molecular complexity index is 450. The van der Waals surface area contributed by atoms with Gasteiger partial charge in [-0.05, 0) is 12.1 Å². The SMILES string of the molecule is NC(=NO)c1ccccc1OCCCOCC(F)(F)F. The Morgan fingerprint density at radius 1 is 1.25 bits per heavy atom. The highest BCUT2D eigenvalue weighted by molar-refractivity contribution is 5.99. The number of benzene rings is 1. The van der Waals surface area contributed by atoms with Gasteiger partial charge < -0.3 is 20.4 Å². The van der Waals surface area contributed by atoms with Crippen LogP contribution in [-0.4, -0.2) is 37.0 Å². The number of rotatable bonds is 7. The van der Waals surface area contributed by atoms with Crippen molar-refractivity contribution < 1.29 is 27.9 Å². The Kier molecular flexibility index (Phi) is 6.10. The van der Waals surface area contributed by atoms with E-state index >= 15 is 0 Å². The molecule has 0 aromatic heterocycles. The monoisotopic (exact) mass is 292 g/mol. The van der Waals surface area contributed by atoms with Gasteiger partial charge in [-0.25, -0.2) is 0 Å². The van der Waals surface area contributed by atoms with Crippen molar-refractivity contribution in [2.24, 2.45) is 10.9 Å². The van der Waals surface area contributed by atoms with Gasteiger partial charge in [0, 0.05) is 6.42 Å². The van der Waals surface area contributed by atoms with Crippen molar-refractivity contribution in [1.29, 1.82) is 0 Å². The first-order valence-corrected chi connectivity index (χ1v) is 5.78. The zero-order chi connectivity index (χ0) is 15.0. The van der Waals surface area contributed by atoms with Crippen LogP contribution in [0.2, 0.25) is 0 Å². The van der Waals surface area contributed by atoms with E-state index in [0.29, 0.717) is 17.7 Å². The molecule has 0 aliphatic rings. The number of oxime groups is 1. The van der Waals surface area contributed by atoms with Gasteiger partial charge in [0.05, 0.1) is 18.8 Å². The van der Waals surface area contributed by atoms with Crippen LogP contribution in [0.3, 0.4) is 0 Å². The molecule has 0 fully saturated rings. The van der Waals surface area contributed by atoms with E-state index in [1.165, 1.54) is 0 Å². The number of nitrogens with two attached hydrogens (primary N) is 1. The summed E-state index contributed by atoms with van der Waals surface area (Å²) in [7, 11) is 0. The molecule has 0 radical (unpaired) electrons. The second-order valence-corrected chi connectivity index (χ2v) is 3.85. The molecule has 0 saturated carbocycles. The number of para-hydroxylation sites is 1. The van der Waals surface area contributed by atoms with Crippen molar-refractivity contribution in [1.82, 2.24) is 0 Å². The summed E-state index contributed by atoms with van der Waals surface area (Å²) in [5, 5.41) is 11.5. The third kappa shape index (κ3) is 5.79. The quantitative estimate of drug-likeness (QED) is 0.265. The highest BCUT2D eigenvalue weighted by atomic mass is 19.4. The summed E-state index contributed by atoms with van der Waals surface area (Å²) in [6.45, 7) is -1.17. The van der Waals surface area contributed by atoms with Crippen LogP contribution in [0.25, 0.3) is 0 Å². The third-order valence-electron chi connectivity index (χ3n) is 2.23. The van der Waals surface area contributed by atoms with E-state index in [-0.39, 0.29) is 19.0 Å². The van der Waals surface area contributed by atoms with Gasteiger partial charge in [0.15, 0.2) is 5.84 Å². The predicted octanol–water partition coefficient (Wildman–Crippen LogP) is 2.13. The Morgan fingerprint density at radius 3 is 2.60 bits per heavy atom. The summed E-state index contributed by atoms with van der Waals surface area (Å²) in [4.78, 5) is 0. The zero-order valence-electron chi connectivity index (χ0n) is 10.6. The topological polar surface area (TPSA) is 77.1 Å². The van der Waals surface area contributed by atoms with Gasteiger partial charge in [0.2, 0.25) is 0 Å². The maximum absolute atomic E-state index is 11.8. The summed E-state index contributed by atoms with van der Waals surface area (Å²) in [5.74, 6) is 0.285. The fraction of sp³-hybridized carbons (Fsp3) is 0.417. The van der Waals surface area contributed by atoms with Crippen molar-refractivity contribution in [3.05, 3.63) is 29.8 Å². The molecule has 1 aromatic rings. The van der Waals surface area contributed by atoms with Crippen molar-refractivity contribution in [3.63, 3.8) is 0 Å². The first kappa shape index (κ1) is 16.1. The maximum Gasteiger partial charge on any atom is 0.411 e. The van der Waals surface area contributed by atoms with Gasteiger partial charge in [-0.3, -0.25) is 0 Å². The number of halogens is 3. The molecular weight excluding hydrogens is 277 g/mol. The van der Waals surface area contributed by atoms with Gasteiger partial charge >= 0.3 is 6.18 Å². The summed E-state index contributed by atoms with van der Waals surface area (Å²) < 4.78 is 45.2. The lowest BCUT2D eigenvalue weighted by Crippen LogP contribution is -2.18. The van der Waals surface area contributed by atoms with Gasteiger partial charge in [0.25, 0.3) is 0 Å². The smallest absolute Gasteiger partial charge is 0.411 e. The Hall–Kier alpha value is -1.96. The lowest BCUT2D eigenvalue weighted by atomic mass is 10.2. The highest BCUT2D eigenvalue weighted by Gasteiger charge is 2.27. The van der Waals surface area contributed by atoms with Crippen LogP contribution in [-0.2, 0) is 4.74 Å².